The van der Waals surface area contributed by atoms with E-state index in [0.29, 0.717) is 36.6 Å². The van der Waals surface area contributed by atoms with Gasteiger partial charge < -0.3 is 18.6 Å². The summed E-state index contributed by atoms with van der Waals surface area (Å²) in [6.07, 6.45) is 2.09. The molecule has 1 amide bonds. The van der Waals surface area contributed by atoms with Crippen molar-refractivity contribution in [1.29, 1.82) is 0 Å². The molecule has 0 spiro atoms. The molecule has 2 aromatic heterocycles. The number of amides is 1. The van der Waals surface area contributed by atoms with Crippen LogP contribution in [0.15, 0.2) is 41.1 Å². The monoisotopic (exact) mass is 355 g/mol. The van der Waals surface area contributed by atoms with Gasteiger partial charge in [0.15, 0.2) is 0 Å². The van der Waals surface area contributed by atoms with Crippen molar-refractivity contribution in [3.63, 3.8) is 0 Å². The number of hydrogen-bond donors (Lipinski definition) is 0. The minimum Gasteiger partial charge on any atom is -0.465 e. The Morgan fingerprint density at radius 2 is 2.08 bits per heavy atom. The summed E-state index contributed by atoms with van der Waals surface area (Å²) in [6.45, 7) is 2.54. The predicted octanol–water partition coefficient (Wildman–Crippen LogP) is 2.77. The number of rotatable bonds is 6. The van der Waals surface area contributed by atoms with Crippen LogP contribution in [-0.2, 0) is 22.6 Å². The lowest BCUT2D eigenvalue weighted by atomic mass is 10.2. The van der Waals surface area contributed by atoms with E-state index in [1.807, 2.05) is 28.8 Å². The molecule has 0 fully saturated rings. The molecule has 7 nitrogen and oxygen atoms in total. The van der Waals surface area contributed by atoms with Crippen LogP contribution in [0.25, 0.3) is 11.0 Å². The lowest BCUT2D eigenvalue weighted by Crippen LogP contribution is -2.26. The number of methoxy groups -OCH3 is 1. The van der Waals surface area contributed by atoms with Gasteiger partial charge in [0.1, 0.15) is 17.1 Å². The van der Waals surface area contributed by atoms with E-state index in [0.717, 1.165) is 11.0 Å². The van der Waals surface area contributed by atoms with E-state index in [2.05, 4.69) is 4.98 Å². The van der Waals surface area contributed by atoms with Gasteiger partial charge in [-0.15, -0.1) is 0 Å². The van der Waals surface area contributed by atoms with E-state index in [9.17, 15) is 9.59 Å². The average Bonchev–Trinajstić information content (AvgIpc) is 3.22. The zero-order chi connectivity index (χ0) is 18.7. The molecule has 0 bridgehead atoms. The van der Waals surface area contributed by atoms with Crippen molar-refractivity contribution in [3.8, 4) is 0 Å². The van der Waals surface area contributed by atoms with Crippen molar-refractivity contribution < 1.29 is 18.7 Å². The van der Waals surface area contributed by atoms with Crippen LogP contribution in [0.3, 0.4) is 0 Å². The molecule has 0 atom stereocenters. The van der Waals surface area contributed by atoms with Gasteiger partial charge in [-0.2, -0.15) is 0 Å². The Hall–Kier alpha value is -3.09. The SMILES string of the molecule is COC(=O)c1cc(CN(C)C(=O)CCn2cnc3ccccc32)oc1C. The fraction of sp³-hybridized carbons (Fsp3) is 0.316. The summed E-state index contributed by atoms with van der Waals surface area (Å²) in [4.78, 5) is 30.0. The number of furan rings is 1. The van der Waals surface area contributed by atoms with Gasteiger partial charge in [0, 0.05) is 20.0 Å². The van der Waals surface area contributed by atoms with Crippen LogP contribution in [0.1, 0.15) is 28.3 Å². The third-order valence-electron chi connectivity index (χ3n) is 4.29. The minimum absolute atomic E-state index is 0.0172. The van der Waals surface area contributed by atoms with Crippen molar-refractivity contribution >= 4 is 22.9 Å². The van der Waals surface area contributed by atoms with E-state index in [1.165, 1.54) is 7.11 Å². The number of aromatic nitrogens is 2. The predicted molar refractivity (Wildman–Crippen MR) is 95.6 cm³/mol. The van der Waals surface area contributed by atoms with Crippen LogP contribution in [0.2, 0.25) is 0 Å². The topological polar surface area (TPSA) is 77.6 Å². The molecular weight excluding hydrogens is 334 g/mol. The molecular formula is C19H21N3O4. The minimum atomic E-state index is -0.446. The number of carbonyl (C=O) groups excluding carboxylic acids is 2. The number of imidazole rings is 1. The number of carbonyl (C=O) groups is 2. The molecule has 0 saturated heterocycles. The first kappa shape index (κ1) is 17.7. The summed E-state index contributed by atoms with van der Waals surface area (Å²) < 4.78 is 12.2. The molecule has 2 heterocycles. The summed E-state index contributed by atoms with van der Waals surface area (Å²) in [5.41, 5.74) is 2.30. The molecule has 0 aliphatic carbocycles. The zero-order valence-corrected chi connectivity index (χ0v) is 15.1. The number of esters is 1. The molecule has 26 heavy (non-hydrogen) atoms. The van der Waals surface area contributed by atoms with Crippen molar-refractivity contribution in [2.45, 2.75) is 26.4 Å². The number of aryl methyl sites for hydroxylation is 2. The molecule has 0 saturated carbocycles. The normalized spacial score (nSPS) is 10.9. The van der Waals surface area contributed by atoms with Crippen LogP contribution in [-0.4, -0.2) is 40.5 Å². The van der Waals surface area contributed by atoms with Gasteiger partial charge in [0.2, 0.25) is 5.91 Å². The van der Waals surface area contributed by atoms with Gasteiger partial charge >= 0.3 is 5.97 Å². The number of hydrogen-bond acceptors (Lipinski definition) is 5. The highest BCUT2D eigenvalue weighted by molar-refractivity contribution is 5.90. The summed E-state index contributed by atoms with van der Waals surface area (Å²) >= 11 is 0. The quantitative estimate of drug-likeness (QED) is 0.636. The average molecular weight is 355 g/mol. The van der Waals surface area contributed by atoms with Gasteiger partial charge in [-0.1, -0.05) is 12.1 Å². The highest BCUT2D eigenvalue weighted by Crippen LogP contribution is 2.17. The highest BCUT2D eigenvalue weighted by atomic mass is 16.5. The van der Waals surface area contributed by atoms with Crippen LogP contribution in [0.5, 0.6) is 0 Å². The van der Waals surface area contributed by atoms with E-state index < -0.39 is 5.97 Å². The lowest BCUT2D eigenvalue weighted by molar-refractivity contribution is -0.130. The summed E-state index contributed by atoms with van der Waals surface area (Å²) in [7, 11) is 3.04. The summed E-state index contributed by atoms with van der Waals surface area (Å²) in [5.74, 6) is 0.569. The van der Waals surface area contributed by atoms with Crippen molar-refractivity contribution in [2.24, 2.45) is 0 Å². The first-order chi connectivity index (χ1) is 12.5. The fourth-order valence-electron chi connectivity index (χ4n) is 2.85. The maximum absolute atomic E-state index is 12.4. The molecule has 0 aliphatic heterocycles. The fourth-order valence-corrected chi connectivity index (χ4v) is 2.85. The third-order valence-corrected chi connectivity index (χ3v) is 4.29. The van der Waals surface area contributed by atoms with Gasteiger partial charge in [0.05, 0.1) is 31.0 Å². The Labute approximate surface area is 151 Å². The second kappa shape index (κ2) is 7.43. The number of ether oxygens (including phenoxy) is 1. The van der Waals surface area contributed by atoms with Gasteiger partial charge in [-0.3, -0.25) is 4.79 Å². The smallest absolute Gasteiger partial charge is 0.341 e. The van der Waals surface area contributed by atoms with Crippen molar-refractivity contribution in [3.05, 3.63) is 53.7 Å². The zero-order valence-electron chi connectivity index (χ0n) is 15.1. The maximum Gasteiger partial charge on any atom is 0.341 e. The molecule has 3 rings (SSSR count). The first-order valence-electron chi connectivity index (χ1n) is 8.31. The lowest BCUT2D eigenvalue weighted by Gasteiger charge is -2.16. The van der Waals surface area contributed by atoms with E-state index in [-0.39, 0.29) is 5.91 Å². The Kier molecular flexibility index (Phi) is 5.06. The Balaban J connectivity index is 1.60. The Bertz CT molecular complexity index is 941. The molecule has 3 aromatic rings. The molecule has 136 valence electrons. The van der Waals surface area contributed by atoms with Gasteiger partial charge in [-0.05, 0) is 25.1 Å². The first-order valence-corrected chi connectivity index (χ1v) is 8.31. The van der Waals surface area contributed by atoms with Crippen LogP contribution in [0.4, 0.5) is 0 Å². The van der Waals surface area contributed by atoms with E-state index >= 15 is 0 Å². The molecule has 0 unspecified atom stereocenters. The number of para-hydroxylation sites is 2. The van der Waals surface area contributed by atoms with Gasteiger partial charge in [-0.25, -0.2) is 9.78 Å². The second-order valence-corrected chi connectivity index (χ2v) is 6.10. The van der Waals surface area contributed by atoms with Crippen molar-refractivity contribution in [1.82, 2.24) is 14.5 Å². The molecule has 7 heteroatoms. The van der Waals surface area contributed by atoms with Crippen LogP contribution >= 0.6 is 0 Å². The number of benzene rings is 1. The van der Waals surface area contributed by atoms with Crippen LogP contribution < -0.4 is 0 Å². The van der Waals surface area contributed by atoms with E-state index in [4.69, 9.17) is 9.15 Å². The summed E-state index contributed by atoms with van der Waals surface area (Å²) in [6, 6.07) is 9.43. The summed E-state index contributed by atoms with van der Waals surface area (Å²) in [5, 5.41) is 0. The number of fused-ring (bicyclic) bond motifs is 1. The van der Waals surface area contributed by atoms with Crippen molar-refractivity contribution in [2.75, 3.05) is 14.2 Å². The standard InChI is InChI=1S/C19H21N3O4/c1-13-15(19(24)25-3)10-14(26-13)11-21(2)18(23)8-9-22-12-20-16-6-4-5-7-17(16)22/h4-7,10,12H,8-9,11H2,1-3H3. The Morgan fingerprint density at radius 3 is 2.85 bits per heavy atom. The molecule has 0 aliphatic rings. The Morgan fingerprint density at radius 1 is 1.31 bits per heavy atom. The third kappa shape index (κ3) is 3.61. The number of nitrogens with zero attached hydrogens (tertiary/aromatic N) is 3. The maximum atomic E-state index is 12.4. The highest BCUT2D eigenvalue weighted by Gasteiger charge is 2.18. The van der Waals surface area contributed by atoms with E-state index in [1.54, 1.807) is 31.3 Å². The van der Waals surface area contributed by atoms with Crippen LogP contribution in [0, 0.1) is 6.92 Å². The second-order valence-electron chi connectivity index (χ2n) is 6.10. The molecule has 1 aromatic carbocycles. The molecule has 0 radical (unpaired) electrons. The largest absolute Gasteiger partial charge is 0.465 e. The molecule has 0 N–H and O–H groups in total. The van der Waals surface area contributed by atoms with Gasteiger partial charge in [0.25, 0.3) is 0 Å².